The van der Waals surface area contributed by atoms with E-state index in [0.29, 0.717) is 0 Å². The van der Waals surface area contributed by atoms with Gasteiger partial charge < -0.3 is 4.74 Å². The van der Waals surface area contributed by atoms with Gasteiger partial charge in [0.1, 0.15) is 0 Å². The number of fused-ring (bicyclic) bond motifs is 1. The molecule has 1 aliphatic rings. The number of ketones is 1. The van der Waals surface area contributed by atoms with Crippen molar-refractivity contribution in [1.82, 2.24) is 0 Å². The molecule has 0 amide bonds. The Bertz CT molecular complexity index is 354. The van der Waals surface area contributed by atoms with Crippen LogP contribution in [0.3, 0.4) is 0 Å². The van der Waals surface area contributed by atoms with Crippen molar-refractivity contribution >= 4 is 17.1 Å². The highest BCUT2D eigenvalue weighted by atomic mass is 32.1. The number of hydrogen-bond acceptors (Lipinski definition) is 3. The van der Waals surface area contributed by atoms with Gasteiger partial charge >= 0.3 is 0 Å². The summed E-state index contributed by atoms with van der Waals surface area (Å²) in [7, 11) is 1.74. The van der Waals surface area contributed by atoms with E-state index in [9.17, 15) is 4.79 Å². The summed E-state index contributed by atoms with van der Waals surface area (Å²) in [6.07, 6.45) is 3.57. The summed E-state index contributed by atoms with van der Waals surface area (Å²) in [6.45, 7) is 1.62. The topological polar surface area (TPSA) is 26.3 Å². The first kappa shape index (κ1) is 9.87. The molecule has 0 aromatic carbocycles. The van der Waals surface area contributed by atoms with Gasteiger partial charge in [0.05, 0.1) is 11.0 Å². The van der Waals surface area contributed by atoms with Gasteiger partial charge in [-0.15, -0.1) is 11.3 Å². The lowest BCUT2D eigenvalue weighted by molar-refractivity contribution is 0.0888. The van der Waals surface area contributed by atoms with Crippen molar-refractivity contribution < 1.29 is 9.53 Å². The number of thiophene rings is 1. The summed E-state index contributed by atoms with van der Waals surface area (Å²) in [6, 6.07) is 2.01. The van der Waals surface area contributed by atoms with Crippen LogP contribution in [0.1, 0.15) is 46.0 Å². The van der Waals surface area contributed by atoms with E-state index in [0.717, 1.165) is 17.7 Å². The third kappa shape index (κ3) is 1.62. The first-order valence-electron chi connectivity index (χ1n) is 4.88. The summed E-state index contributed by atoms with van der Waals surface area (Å²) in [4.78, 5) is 13.4. The Morgan fingerprint density at radius 2 is 2.43 bits per heavy atom. The highest BCUT2D eigenvalue weighted by molar-refractivity contribution is 7.14. The van der Waals surface area contributed by atoms with E-state index in [2.05, 4.69) is 0 Å². The molecule has 0 N–H and O–H groups in total. The molecule has 0 radical (unpaired) electrons. The van der Waals surface area contributed by atoms with Crippen LogP contribution in [0.4, 0.5) is 0 Å². The Balaban J connectivity index is 2.38. The fraction of sp³-hybridized carbons (Fsp3) is 0.545. The van der Waals surface area contributed by atoms with Crippen LogP contribution in [0.15, 0.2) is 6.07 Å². The van der Waals surface area contributed by atoms with Gasteiger partial charge in [-0.25, -0.2) is 0 Å². The molecule has 1 aromatic heterocycles. The lowest BCUT2D eigenvalue weighted by Gasteiger charge is -2.20. The van der Waals surface area contributed by atoms with Gasteiger partial charge in [-0.3, -0.25) is 4.79 Å². The van der Waals surface area contributed by atoms with Crippen molar-refractivity contribution in [1.29, 1.82) is 0 Å². The zero-order valence-electron chi connectivity index (χ0n) is 8.50. The molecule has 2 nitrogen and oxygen atoms in total. The van der Waals surface area contributed by atoms with E-state index >= 15 is 0 Å². The van der Waals surface area contributed by atoms with Gasteiger partial charge in [-0.2, -0.15) is 0 Å². The van der Waals surface area contributed by atoms with Crippen LogP contribution < -0.4 is 0 Å². The molecule has 1 atom stereocenters. The van der Waals surface area contributed by atoms with Crippen molar-refractivity contribution in [3.05, 3.63) is 21.4 Å². The van der Waals surface area contributed by atoms with Crippen LogP contribution in [0.25, 0.3) is 0 Å². The first-order chi connectivity index (χ1) is 6.72. The number of rotatable bonds is 2. The van der Waals surface area contributed by atoms with Gasteiger partial charge in [0.15, 0.2) is 5.78 Å². The Kier molecular flexibility index (Phi) is 2.70. The minimum Gasteiger partial charge on any atom is -0.377 e. The van der Waals surface area contributed by atoms with Crippen molar-refractivity contribution in [3.8, 4) is 0 Å². The second-order valence-corrected chi connectivity index (χ2v) is 4.80. The van der Waals surface area contributed by atoms with Crippen LogP contribution in [0.2, 0.25) is 0 Å². The average Bonchev–Trinajstić information content (AvgIpc) is 2.60. The Hall–Kier alpha value is -0.670. The van der Waals surface area contributed by atoms with E-state index in [1.165, 1.54) is 16.9 Å². The normalized spacial score (nSPS) is 20.6. The highest BCUT2D eigenvalue weighted by Gasteiger charge is 2.23. The number of methoxy groups -OCH3 is 1. The SMILES string of the molecule is COC1CCCc2sc(C(C)=O)cc21. The van der Waals surface area contributed by atoms with E-state index in [1.807, 2.05) is 6.07 Å². The molecular weight excluding hydrogens is 196 g/mol. The zero-order valence-corrected chi connectivity index (χ0v) is 9.32. The lowest BCUT2D eigenvalue weighted by Crippen LogP contribution is -2.08. The minimum absolute atomic E-state index is 0.166. The fourth-order valence-electron chi connectivity index (χ4n) is 1.93. The molecule has 14 heavy (non-hydrogen) atoms. The van der Waals surface area contributed by atoms with Gasteiger partial charge in [0, 0.05) is 12.0 Å². The van der Waals surface area contributed by atoms with Crippen molar-refractivity contribution in [2.24, 2.45) is 0 Å². The summed E-state index contributed by atoms with van der Waals surface area (Å²) >= 11 is 1.63. The Labute approximate surface area is 87.9 Å². The molecule has 1 aliphatic carbocycles. The molecule has 0 saturated carbocycles. The summed E-state index contributed by atoms with van der Waals surface area (Å²) in [5, 5.41) is 0. The number of ether oxygens (including phenoxy) is 1. The van der Waals surface area contributed by atoms with Gasteiger partial charge in [-0.1, -0.05) is 0 Å². The third-order valence-corrected chi connectivity index (χ3v) is 4.00. The van der Waals surface area contributed by atoms with Crippen molar-refractivity contribution in [2.75, 3.05) is 7.11 Å². The molecule has 0 aliphatic heterocycles. The summed E-state index contributed by atoms with van der Waals surface area (Å²) in [5.41, 5.74) is 1.24. The van der Waals surface area contributed by atoms with Crippen LogP contribution >= 0.6 is 11.3 Å². The second-order valence-electron chi connectivity index (χ2n) is 3.66. The number of aryl methyl sites for hydroxylation is 1. The molecule has 0 spiro atoms. The van der Waals surface area contributed by atoms with Gasteiger partial charge in [0.2, 0.25) is 0 Å². The predicted molar refractivity (Wildman–Crippen MR) is 57.0 cm³/mol. The molecule has 0 saturated heterocycles. The molecular formula is C11H14O2S. The maximum Gasteiger partial charge on any atom is 0.169 e. The minimum atomic E-state index is 0.166. The molecule has 0 fully saturated rings. The number of carbonyl (C=O) groups excluding carboxylic acids is 1. The summed E-state index contributed by atoms with van der Waals surface area (Å²) < 4.78 is 5.41. The standard InChI is InChI=1S/C11H14O2S/c1-7(12)11-6-8-9(13-2)4-3-5-10(8)14-11/h6,9H,3-5H2,1-2H3. The Morgan fingerprint density at radius 1 is 1.64 bits per heavy atom. The molecule has 3 heteroatoms. The Morgan fingerprint density at radius 3 is 3.07 bits per heavy atom. The molecule has 1 unspecified atom stereocenters. The number of carbonyl (C=O) groups is 1. The molecule has 76 valence electrons. The van der Waals surface area contributed by atoms with Gasteiger partial charge in [0.25, 0.3) is 0 Å². The summed E-state index contributed by atoms with van der Waals surface area (Å²) in [5.74, 6) is 0.166. The van der Waals surface area contributed by atoms with Crippen molar-refractivity contribution in [2.45, 2.75) is 32.3 Å². The maximum atomic E-state index is 11.2. The van der Waals surface area contributed by atoms with E-state index in [1.54, 1.807) is 25.4 Å². The monoisotopic (exact) mass is 210 g/mol. The maximum absolute atomic E-state index is 11.2. The lowest BCUT2D eigenvalue weighted by atomic mass is 9.96. The molecule has 2 rings (SSSR count). The van der Waals surface area contributed by atoms with Gasteiger partial charge in [-0.05, 0) is 37.8 Å². The number of Topliss-reactive ketones (excluding diaryl/α,β-unsaturated/α-hetero) is 1. The van der Waals surface area contributed by atoms with Crippen molar-refractivity contribution in [3.63, 3.8) is 0 Å². The van der Waals surface area contributed by atoms with E-state index < -0.39 is 0 Å². The van der Waals surface area contributed by atoms with E-state index in [-0.39, 0.29) is 11.9 Å². The highest BCUT2D eigenvalue weighted by Crippen LogP contribution is 2.37. The largest absolute Gasteiger partial charge is 0.377 e. The zero-order chi connectivity index (χ0) is 10.1. The van der Waals surface area contributed by atoms with Crippen LogP contribution in [-0.2, 0) is 11.2 Å². The second kappa shape index (κ2) is 3.83. The van der Waals surface area contributed by atoms with Crippen LogP contribution in [0, 0.1) is 0 Å². The number of hydrogen-bond donors (Lipinski definition) is 0. The average molecular weight is 210 g/mol. The third-order valence-electron chi connectivity index (χ3n) is 2.69. The predicted octanol–water partition coefficient (Wildman–Crippen LogP) is 2.97. The van der Waals surface area contributed by atoms with Crippen LogP contribution in [-0.4, -0.2) is 12.9 Å². The van der Waals surface area contributed by atoms with Crippen LogP contribution in [0.5, 0.6) is 0 Å². The quantitative estimate of drug-likeness (QED) is 0.701. The first-order valence-corrected chi connectivity index (χ1v) is 5.70. The smallest absolute Gasteiger partial charge is 0.169 e. The molecule has 1 heterocycles. The molecule has 0 bridgehead atoms. The van der Waals surface area contributed by atoms with E-state index in [4.69, 9.17) is 4.74 Å². The molecule has 1 aromatic rings. The fourth-order valence-corrected chi connectivity index (χ4v) is 3.08.